The average molecular weight is 304 g/mol. The first kappa shape index (κ1) is 11.2. The number of nitrogens with zero attached hydrogens (tertiary/aromatic N) is 2. The number of hydrogen-bond donors (Lipinski definition) is 1. The summed E-state index contributed by atoms with van der Waals surface area (Å²) in [6.07, 6.45) is 0. The zero-order valence-corrected chi connectivity index (χ0v) is 11.2. The zero-order valence-electron chi connectivity index (χ0n) is 9.64. The lowest BCUT2D eigenvalue weighted by atomic mass is 10.2. The normalized spacial score (nSPS) is 11.0. The summed E-state index contributed by atoms with van der Waals surface area (Å²) in [5.41, 5.74) is 2.24. The molecule has 2 heterocycles. The second-order valence-electron chi connectivity index (χ2n) is 4.04. The molecule has 0 unspecified atom stereocenters. The number of fused-ring (bicyclic) bond motifs is 1. The fourth-order valence-corrected chi connectivity index (χ4v) is 2.53. The summed E-state index contributed by atoms with van der Waals surface area (Å²) < 4.78 is 2.25. The molecule has 0 bridgehead atoms. The second-order valence-corrected chi connectivity index (χ2v) is 4.85. The average Bonchev–Trinajstić information content (AvgIpc) is 2.67. The third-order valence-electron chi connectivity index (χ3n) is 2.83. The van der Waals surface area contributed by atoms with Gasteiger partial charge in [0.15, 0.2) is 0 Å². The Labute approximate surface area is 111 Å². The summed E-state index contributed by atoms with van der Waals surface area (Å²) in [6.45, 7) is 1.83. The van der Waals surface area contributed by atoms with E-state index < -0.39 is 0 Å². The molecule has 3 aromatic rings. The third kappa shape index (κ3) is 1.67. The largest absolute Gasteiger partial charge is 0.290 e. The lowest BCUT2D eigenvalue weighted by Crippen LogP contribution is -2.14. The van der Waals surface area contributed by atoms with Crippen molar-refractivity contribution < 1.29 is 0 Å². The molecule has 0 fully saturated rings. The highest BCUT2D eigenvalue weighted by molar-refractivity contribution is 9.10. The Bertz CT molecular complexity index is 774. The number of aromatic amines is 1. The van der Waals surface area contributed by atoms with E-state index in [1.807, 2.05) is 43.3 Å². The molecule has 0 saturated carbocycles. The van der Waals surface area contributed by atoms with Gasteiger partial charge in [-0.2, -0.15) is 0 Å². The SMILES string of the molecule is Cc1nc(Br)cc2[nH]n(-c3ccccc3)c(=O)c12. The van der Waals surface area contributed by atoms with Crippen molar-refractivity contribution in [2.75, 3.05) is 0 Å². The Morgan fingerprint density at radius 3 is 2.72 bits per heavy atom. The topological polar surface area (TPSA) is 50.7 Å². The van der Waals surface area contributed by atoms with Crippen LogP contribution in [0, 0.1) is 6.92 Å². The Hall–Kier alpha value is -1.88. The van der Waals surface area contributed by atoms with Gasteiger partial charge in [-0.25, -0.2) is 9.67 Å². The summed E-state index contributed by atoms with van der Waals surface area (Å²) in [4.78, 5) is 16.6. The van der Waals surface area contributed by atoms with E-state index in [0.29, 0.717) is 9.99 Å². The summed E-state index contributed by atoms with van der Waals surface area (Å²) in [5.74, 6) is 0. The molecule has 0 aliphatic carbocycles. The van der Waals surface area contributed by atoms with Gasteiger partial charge in [-0.15, -0.1) is 0 Å². The minimum absolute atomic E-state index is 0.0753. The molecule has 0 radical (unpaired) electrons. The number of hydrogen-bond acceptors (Lipinski definition) is 2. The van der Waals surface area contributed by atoms with E-state index in [9.17, 15) is 4.79 Å². The summed E-state index contributed by atoms with van der Waals surface area (Å²) in [5, 5.41) is 3.72. The van der Waals surface area contributed by atoms with Gasteiger partial charge < -0.3 is 0 Å². The first-order chi connectivity index (χ1) is 8.66. The van der Waals surface area contributed by atoms with Crippen molar-refractivity contribution >= 4 is 26.8 Å². The molecule has 0 spiro atoms. The van der Waals surface area contributed by atoms with Crippen LogP contribution in [0.3, 0.4) is 0 Å². The van der Waals surface area contributed by atoms with E-state index in [-0.39, 0.29) is 5.56 Å². The van der Waals surface area contributed by atoms with Crippen molar-refractivity contribution in [3.63, 3.8) is 0 Å². The highest BCUT2D eigenvalue weighted by Gasteiger charge is 2.11. The molecule has 0 aliphatic rings. The molecular weight excluding hydrogens is 294 g/mol. The van der Waals surface area contributed by atoms with Crippen LogP contribution >= 0.6 is 15.9 Å². The third-order valence-corrected chi connectivity index (χ3v) is 3.24. The van der Waals surface area contributed by atoms with Gasteiger partial charge in [-0.05, 0) is 41.1 Å². The molecule has 0 saturated heterocycles. The molecule has 1 aromatic carbocycles. The molecule has 1 N–H and O–H groups in total. The summed E-state index contributed by atoms with van der Waals surface area (Å²) in [7, 11) is 0. The maximum atomic E-state index is 12.3. The van der Waals surface area contributed by atoms with Crippen LogP contribution in [0.5, 0.6) is 0 Å². The molecule has 0 atom stereocenters. The van der Waals surface area contributed by atoms with Gasteiger partial charge in [0.05, 0.1) is 22.3 Å². The summed E-state index contributed by atoms with van der Waals surface area (Å²) >= 11 is 3.33. The lowest BCUT2D eigenvalue weighted by molar-refractivity contribution is 0.863. The summed E-state index contributed by atoms with van der Waals surface area (Å²) in [6, 6.07) is 11.3. The highest BCUT2D eigenvalue weighted by Crippen LogP contribution is 2.17. The first-order valence-electron chi connectivity index (χ1n) is 5.50. The quantitative estimate of drug-likeness (QED) is 0.703. The monoisotopic (exact) mass is 303 g/mol. The zero-order chi connectivity index (χ0) is 12.7. The van der Waals surface area contributed by atoms with Gasteiger partial charge in [0, 0.05) is 0 Å². The van der Waals surface area contributed by atoms with Crippen LogP contribution in [0.2, 0.25) is 0 Å². The number of benzene rings is 1. The van der Waals surface area contributed by atoms with Crippen molar-refractivity contribution in [2.24, 2.45) is 0 Å². The van der Waals surface area contributed by atoms with Crippen molar-refractivity contribution in [3.05, 3.63) is 57.0 Å². The van der Waals surface area contributed by atoms with Crippen molar-refractivity contribution in [3.8, 4) is 5.69 Å². The molecule has 18 heavy (non-hydrogen) atoms. The molecular formula is C13H10BrN3O. The Balaban J connectivity index is 2.37. The van der Waals surface area contributed by atoms with Crippen LogP contribution in [-0.4, -0.2) is 14.8 Å². The smallest absolute Gasteiger partial charge is 0.280 e. The van der Waals surface area contributed by atoms with Crippen LogP contribution in [-0.2, 0) is 0 Å². The van der Waals surface area contributed by atoms with Gasteiger partial charge >= 0.3 is 0 Å². The number of para-hydroxylation sites is 1. The van der Waals surface area contributed by atoms with Crippen molar-refractivity contribution in [2.45, 2.75) is 6.92 Å². The predicted octanol–water partition coefficient (Wildman–Crippen LogP) is 2.78. The molecule has 5 heteroatoms. The number of aromatic nitrogens is 3. The van der Waals surface area contributed by atoms with Crippen LogP contribution in [0.25, 0.3) is 16.6 Å². The van der Waals surface area contributed by atoms with Gasteiger partial charge in [-0.1, -0.05) is 18.2 Å². The van der Waals surface area contributed by atoms with Crippen LogP contribution in [0.1, 0.15) is 5.69 Å². The van der Waals surface area contributed by atoms with Crippen molar-refractivity contribution in [1.29, 1.82) is 0 Å². The van der Waals surface area contributed by atoms with E-state index in [1.54, 1.807) is 0 Å². The second kappa shape index (κ2) is 4.10. The fourth-order valence-electron chi connectivity index (χ4n) is 2.03. The maximum Gasteiger partial charge on any atom is 0.280 e. The minimum Gasteiger partial charge on any atom is -0.290 e. The Morgan fingerprint density at radius 2 is 2.00 bits per heavy atom. The molecule has 3 rings (SSSR count). The van der Waals surface area contributed by atoms with Gasteiger partial charge in [0.2, 0.25) is 0 Å². The van der Waals surface area contributed by atoms with Crippen LogP contribution in [0.15, 0.2) is 45.8 Å². The fraction of sp³-hybridized carbons (Fsp3) is 0.0769. The highest BCUT2D eigenvalue weighted by atomic mass is 79.9. The van der Waals surface area contributed by atoms with E-state index >= 15 is 0 Å². The van der Waals surface area contributed by atoms with E-state index in [1.165, 1.54) is 4.68 Å². The number of pyridine rings is 1. The molecule has 0 aliphatic heterocycles. The predicted molar refractivity (Wildman–Crippen MR) is 74.1 cm³/mol. The number of H-pyrrole nitrogens is 1. The molecule has 90 valence electrons. The van der Waals surface area contributed by atoms with E-state index in [2.05, 4.69) is 26.0 Å². The van der Waals surface area contributed by atoms with Crippen molar-refractivity contribution in [1.82, 2.24) is 14.8 Å². The molecule has 2 aromatic heterocycles. The van der Waals surface area contributed by atoms with E-state index in [0.717, 1.165) is 16.9 Å². The minimum atomic E-state index is -0.0753. The number of aryl methyl sites for hydroxylation is 1. The van der Waals surface area contributed by atoms with Gasteiger partial charge in [0.25, 0.3) is 5.56 Å². The standard InChI is InChI=1S/C13H10BrN3O/c1-8-12-10(7-11(14)15-8)16-17(13(12)18)9-5-3-2-4-6-9/h2-7,16H,1H3. The van der Waals surface area contributed by atoms with Gasteiger partial charge in [-0.3, -0.25) is 9.89 Å². The Kier molecular flexibility index (Phi) is 2.56. The van der Waals surface area contributed by atoms with E-state index in [4.69, 9.17) is 0 Å². The van der Waals surface area contributed by atoms with Gasteiger partial charge in [0.1, 0.15) is 4.60 Å². The number of rotatable bonds is 1. The first-order valence-corrected chi connectivity index (χ1v) is 6.29. The van der Waals surface area contributed by atoms with Crippen LogP contribution < -0.4 is 5.56 Å². The Morgan fingerprint density at radius 1 is 1.28 bits per heavy atom. The lowest BCUT2D eigenvalue weighted by Gasteiger charge is -1.99. The number of halogens is 1. The maximum absolute atomic E-state index is 12.3. The molecule has 0 amide bonds. The molecule has 4 nitrogen and oxygen atoms in total. The number of nitrogens with one attached hydrogen (secondary N) is 1. The van der Waals surface area contributed by atoms with Crippen LogP contribution in [0.4, 0.5) is 0 Å².